The normalized spacial score (nSPS) is 10.6. The Hall–Kier alpha value is -4.25. The lowest BCUT2D eigenvalue weighted by atomic mass is 10.0. The van der Waals surface area contributed by atoms with Crippen molar-refractivity contribution in [2.75, 3.05) is 13.1 Å². The molecular formula is C29H28N2O3. The van der Waals surface area contributed by atoms with E-state index < -0.39 is 0 Å². The summed E-state index contributed by atoms with van der Waals surface area (Å²) in [6, 6.07) is 24.0. The van der Waals surface area contributed by atoms with Crippen LogP contribution in [0.2, 0.25) is 0 Å². The molecule has 5 heteroatoms. The minimum Gasteiger partial charge on any atom is -0.352 e. The Morgan fingerprint density at radius 1 is 0.706 bits per heavy atom. The van der Waals surface area contributed by atoms with Crippen LogP contribution in [0.3, 0.4) is 0 Å². The van der Waals surface area contributed by atoms with E-state index in [9.17, 15) is 14.4 Å². The molecule has 34 heavy (non-hydrogen) atoms. The van der Waals surface area contributed by atoms with Crippen LogP contribution in [0.5, 0.6) is 0 Å². The maximum Gasteiger partial charge on any atom is 0.251 e. The predicted molar refractivity (Wildman–Crippen MR) is 136 cm³/mol. The summed E-state index contributed by atoms with van der Waals surface area (Å²) in [7, 11) is 0. The first kappa shape index (κ1) is 24.4. The molecule has 0 radical (unpaired) electrons. The van der Waals surface area contributed by atoms with Crippen molar-refractivity contribution in [3.63, 3.8) is 0 Å². The lowest BCUT2D eigenvalue weighted by Gasteiger charge is -2.07. The van der Waals surface area contributed by atoms with Gasteiger partial charge in [-0.15, -0.1) is 0 Å². The average Bonchev–Trinajstić information content (AvgIpc) is 2.87. The molecule has 172 valence electrons. The van der Waals surface area contributed by atoms with Crippen molar-refractivity contribution in [3.8, 4) is 0 Å². The van der Waals surface area contributed by atoms with Crippen molar-refractivity contribution in [3.05, 3.63) is 119 Å². The number of amides is 2. The van der Waals surface area contributed by atoms with Crippen molar-refractivity contribution >= 4 is 29.7 Å². The number of nitrogens with one attached hydrogen (secondary N) is 2. The Balaban J connectivity index is 1.48. The molecule has 3 aromatic rings. The summed E-state index contributed by atoms with van der Waals surface area (Å²) in [4.78, 5) is 36.2. The quantitative estimate of drug-likeness (QED) is 0.199. The van der Waals surface area contributed by atoms with Crippen LogP contribution in [-0.2, 0) is 4.79 Å². The third-order valence-electron chi connectivity index (χ3n) is 5.16. The van der Waals surface area contributed by atoms with Gasteiger partial charge >= 0.3 is 0 Å². The molecule has 0 saturated heterocycles. The smallest absolute Gasteiger partial charge is 0.251 e. The van der Waals surface area contributed by atoms with Gasteiger partial charge < -0.3 is 10.6 Å². The van der Waals surface area contributed by atoms with Gasteiger partial charge in [0.05, 0.1) is 0 Å². The number of benzene rings is 3. The summed E-state index contributed by atoms with van der Waals surface area (Å²) in [6.45, 7) is 6.19. The standard InChI is InChI=1S/C29H28N2O3/c1-21(2)28(33)30-19-6-20-31-29(34)26-17-13-23(14-18-26)10-9-22-11-15-25(16-12-22)27(32)24-7-4-3-5-8-24/h3-5,7-18H,1,6,19-20H2,2H3,(H,30,33)(H,31,34)/b10-9+. The minimum atomic E-state index is -0.174. The summed E-state index contributed by atoms with van der Waals surface area (Å²) in [5.41, 5.74) is 4.30. The van der Waals surface area contributed by atoms with E-state index in [0.29, 0.717) is 41.8 Å². The first-order chi connectivity index (χ1) is 16.4. The molecular weight excluding hydrogens is 424 g/mol. The highest BCUT2D eigenvalue weighted by Crippen LogP contribution is 2.14. The van der Waals surface area contributed by atoms with Gasteiger partial charge in [0.25, 0.3) is 5.91 Å². The molecule has 0 atom stereocenters. The fourth-order valence-electron chi connectivity index (χ4n) is 3.19. The molecule has 0 saturated carbocycles. The Bertz CT molecular complexity index is 1180. The zero-order valence-corrected chi connectivity index (χ0v) is 19.2. The summed E-state index contributed by atoms with van der Waals surface area (Å²) >= 11 is 0. The molecule has 0 bridgehead atoms. The van der Waals surface area contributed by atoms with Gasteiger partial charge in [-0.3, -0.25) is 14.4 Å². The third-order valence-corrected chi connectivity index (χ3v) is 5.16. The van der Waals surface area contributed by atoms with Crippen LogP contribution in [0.25, 0.3) is 12.2 Å². The number of carbonyl (C=O) groups is 3. The molecule has 0 aromatic heterocycles. The Morgan fingerprint density at radius 2 is 1.21 bits per heavy atom. The second-order valence-electron chi connectivity index (χ2n) is 7.92. The van der Waals surface area contributed by atoms with Crippen molar-refractivity contribution in [1.29, 1.82) is 0 Å². The first-order valence-electron chi connectivity index (χ1n) is 11.1. The summed E-state index contributed by atoms with van der Waals surface area (Å²) in [5, 5.41) is 5.58. The summed E-state index contributed by atoms with van der Waals surface area (Å²) in [5.74, 6) is -0.325. The fraction of sp³-hybridized carbons (Fsp3) is 0.138. The number of carbonyl (C=O) groups excluding carboxylic acids is 3. The van der Waals surface area contributed by atoms with Crippen molar-refractivity contribution in [1.82, 2.24) is 10.6 Å². The van der Waals surface area contributed by atoms with E-state index in [1.165, 1.54) is 0 Å². The van der Waals surface area contributed by atoms with Crippen molar-refractivity contribution < 1.29 is 14.4 Å². The highest BCUT2D eigenvalue weighted by Gasteiger charge is 2.08. The van der Waals surface area contributed by atoms with E-state index in [1.807, 2.05) is 78.9 Å². The van der Waals surface area contributed by atoms with E-state index in [-0.39, 0.29) is 17.6 Å². The zero-order valence-electron chi connectivity index (χ0n) is 19.2. The van der Waals surface area contributed by atoms with Gasteiger partial charge in [-0.25, -0.2) is 0 Å². The van der Waals surface area contributed by atoms with E-state index in [4.69, 9.17) is 0 Å². The Labute approximate surface area is 200 Å². The zero-order chi connectivity index (χ0) is 24.3. The fourth-order valence-corrected chi connectivity index (χ4v) is 3.19. The van der Waals surface area contributed by atoms with Crippen molar-refractivity contribution in [2.45, 2.75) is 13.3 Å². The largest absolute Gasteiger partial charge is 0.352 e. The number of hydrogen-bond acceptors (Lipinski definition) is 3. The summed E-state index contributed by atoms with van der Waals surface area (Å²) in [6.07, 6.45) is 4.56. The second-order valence-corrected chi connectivity index (χ2v) is 7.92. The van der Waals surface area contributed by atoms with Gasteiger partial charge in [0.2, 0.25) is 5.91 Å². The molecule has 2 amide bonds. The van der Waals surface area contributed by atoms with Gasteiger partial charge in [-0.05, 0) is 36.6 Å². The van der Waals surface area contributed by atoms with Crippen LogP contribution < -0.4 is 10.6 Å². The van der Waals surface area contributed by atoms with E-state index >= 15 is 0 Å². The van der Waals surface area contributed by atoms with Gasteiger partial charge in [-0.1, -0.05) is 85.5 Å². The maximum absolute atomic E-state index is 12.5. The Kier molecular flexibility index (Phi) is 8.69. The molecule has 0 spiro atoms. The van der Waals surface area contributed by atoms with Gasteiger partial charge in [-0.2, -0.15) is 0 Å². The number of hydrogen-bond donors (Lipinski definition) is 2. The van der Waals surface area contributed by atoms with E-state index in [2.05, 4.69) is 17.2 Å². The third kappa shape index (κ3) is 7.14. The highest BCUT2D eigenvalue weighted by molar-refractivity contribution is 6.09. The Morgan fingerprint density at radius 3 is 1.76 bits per heavy atom. The first-order valence-corrected chi connectivity index (χ1v) is 11.1. The van der Waals surface area contributed by atoms with Crippen LogP contribution in [0, 0.1) is 0 Å². The molecule has 3 aromatic carbocycles. The topological polar surface area (TPSA) is 75.3 Å². The average molecular weight is 453 g/mol. The van der Waals surface area contributed by atoms with Crippen LogP contribution >= 0.6 is 0 Å². The molecule has 0 heterocycles. The molecule has 0 aliphatic rings. The van der Waals surface area contributed by atoms with Crippen molar-refractivity contribution in [2.24, 2.45) is 0 Å². The highest BCUT2D eigenvalue weighted by atomic mass is 16.2. The molecule has 5 nitrogen and oxygen atoms in total. The second kappa shape index (κ2) is 12.1. The number of ketones is 1. The van der Waals surface area contributed by atoms with Crippen LogP contribution in [0.15, 0.2) is 91.0 Å². The van der Waals surface area contributed by atoms with Gasteiger partial charge in [0, 0.05) is 35.4 Å². The summed E-state index contributed by atoms with van der Waals surface area (Å²) < 4.78 is 0. The lowest BCUT2D eigenvalue weighted by molar-refractivity contribution is -0.117. The number of rotatable bonds is 10. The monoisotopic (exact) mass is 452 g/mol. The maximum atomic E-state index is 12.5. The van der Waals surface area contributed by atoms with E-state index in [1.54, 1.807) is 19.1 Å². The molecule has 0 unspecified atom stereocenters. The predicted octanol–water partition coefficient (Wildman–Crippen LogP) is 4.90. The molecule has 3 rings (SSSR count). The van der Waals surface area contributed by atoms with Crippen LogP contribution in [0.1, 0.15) is 50.8 Å². The SMILES string of the molecule is C=C(C)C(=O)NCCCNC(=O)c1ccc(/C=C/c2ccc(C(=O)c3ccccc3)cc2)cc1. The molecule has 0 aliphatic carbocycles. The minimum absolute atomic E-state index is 0.00149. The van der Waals surface area contributed by atoms with E-state index in [0.717, 1.165) is 11.1 Å². The van der Waals surface area contributed by atoms with Gasteiger partial charge in [0.15, 0.2) is 5.78 Å². The van der Waals surface area contributed by atoms with Gasteiger partial charge in [0.1, 0.15) is 0 Å². The molecule has 2 N–H and O–H groups in total. The molecule has 0 fully saturated rings. The van der Waals surface area contributed by atoms with Crippen LogP contribution in [-0.4, -0.2) is 30.7 Å². The van der Waals surface area contributed by atoms with Crippen LogP contribution in [0.4, 0.5) is 0 Å². The lowest BCUT2D eigenvalue weighted by Crippen LogP contribution is -2.30. The molecule has 0 aliphatic heterocycles.